The summed E-state index contributed by atoms with van der Waals surface area (Å²) in [6, 6.07) is 68.6. The number of aryl methyl sites for hydroxylation is 1. The zero-order chi connectivity index (χ0) is 102. The summed E-state index contributed by atoms with van der Waals surface area (Å²) in [5, 5.41) is 101. The molecule has 0 aliphatic carbocycles. The number of nitro groups is 5. The van der Waals surface area contributed by atoms with Crippen molar-refractivity contribution in [3.05, 3.63) is 349 Å². The molecule has 0 atom stereocenters. The van der Waals surface area contributed by atoms with E-state index in [4.69, 9.17) is 51.1 Å². The van der Waals surface area contributed by atoms with Crippen molar-refractivity contribution >= 4 is 98.2 Å². The van der Waals surface area contributed by atoms with Crippen molar-refractivity contribution in [2.45, 2.75) is 39.6 Å². The third kappa shape index (κ3) is 28.7. The minimum atomic E-state index is -1.30. The number of nitrogens with zero attached hydrogens (tertiary/aromatic N) is 19. The molecule has 0 aliphatic rings. The number of rotatable bonds is 27. The number of carbonyl (C=O) groups excluding carboxylic acids is 3. The molecule has 0 aliphatic heterocycles. The first-order chi connectivity index (χ1) is 67.6. The van der Waals surface area contributed by atoms with Crippen molar-refractivity contribution in [1.29, 1.82) is 0 Å². The lowest BCUT2D eigenvalue weighted by molar-refractivity contribution is -0.392. The molecule has 0 amide bonds. The van der Waals surface area contributed by atoms with E-state index in [1.54, 1.807) is 114 Å². The van der Waals surface area contributed by atoms with Crippen LogP contribution >= 0.6 is 0 Å². The molecule has 0 spiro atoms. The lowest BCUT2D eigenvalue weighted by Crippen LogP contribution is -2.12. The highest BCUT2D eigenvalue weighted by atomic mass is 16.6. The van der Waals surface area contributed by atoms with Gasteiger partial charge in [0.05, 0.1) is 163 Å². The highest BCUT2D eigenvalue weighted by molar-refractivity contribution is 5.90. The third-order valence-corrected chi connectivity index (χ3v) is 19.4. The van der Waals surface area contributed by atoms with Gasteiger partial charge in [0.2, 0.25) is 0 Å². The number of esters is 3. The number of carbonyl (C=O) groups is 5. The third-order valence-electron chi connectivity index (χ3n) is 19.4. The molecule has 0 saturated heterocycles. The number of methoxy groups -OCH3 is 8. The molecular weight excluding hydrogens is 1850 g/mol. The number of hydrogen-bond donors (Lipinski definition) is 9. The van der Waals surface area contributed by atoms with E-state index >= 15 is 0 Å². The van der Waals surface area contributed by atoms with E-state index in [1.807, 2.05) is 149 Å². The minimum absolute atomic E-state index is 0.0278. The highest BCUT2D eigenvalue weighted by Crippen LogP contribution is 2.29. The summed E-state index contributed by atoms with van der Waals surface area (Å²) in [6.45, 7) is 3.56. The van der Waals surface area contributed by atoms with Gasteiger partial charge in [0, 0.05) is 6.07 Å². The number of nitrogens with two attached hydrogens (primary N) is 3. The average molecular weight is 1930 g/mol. The maximum atomic E-state index is 11.6. The van der Waals surface area contributed by atoms with Crippen LogP contribution in [0.25, 0.3) is 45.1 Å². The first kappa shape index (κ1) is 103. The number of aromatic carboxylic acids is 2. The summed E-state index contributed by atoms with van der Waals surface area (Å²) in [7, 11) is 11.5. The Morgan fingerprint density at radius 3 is 1.07 bits per heavy atom. The van der Waals surface area contributed by atoms with Gasteiger partial charge in [-0.1, -0.05) is 112 Å². The van der Waals surface area contributed by atoms with Crippen LogP contribution in [0.2, 0.25) is 0 Å². The number of aromatic nitrogens is 18. The Kier molecular flexibility index (Phi) is 35.8. The minimum Gasteiger partial charge on any atom is -0.497 e. The molecule has 9 aromatic heterocycles. The van der Waals surface area contributed by atoms with Crippen LogP contribution in [0.15, 0.2) is 237 Å². The maximum absolute atomic E-state index is 11.6. The van der Waals surface area contributed by atoms with Gasteiger partial charge in [-0.05, 0) is 162 Å². The Balaban J connectivity index is 0.000000169. The SMILES string of the molecule is COC(=O)c1cc([N+](=O)[O-])[nH]n1.COC(=O)c1cc([N+](=O)[O-])n(Cc2ccc(OC)cc2)n1.COC(=O)c1cc([N+](=O)[O-])nn1Cc1ccc(OC)cc1.COc1ccc(Cn2nc(C)cc2C(=O)O)cc1.COc1ccc(Cn2nc(N)cc2-c2nc3ccccc3[nH]2)cc1.COc1ccc(Cn2nc([N+](=O)[O-])cc2-c2nc3ccccc3[nH]2)cc1.Nc1ccccc1N.O=C(O)c1cc([N+](=O)[O-])[nH]n1. The van der Waals surface area contributed by atoms with E-state index in [2.05, 4.69) is 74.9 Å². The van der Waals surface area contributed by atoms with Crippen LogP contribution in [0.4, 0.5) is 46.3 Å². The number of hydrogen-bond acceptors (Lipinski definition) is 35. The quantitative estimate of drug-likeness (QED) is 0.00759. The van der Waals surface area contributed by atoms with Crippen LogP contribution in [-0.2, 0) is 46.9 Å². The van der Waals surface area contributed by atoms with Gasteiger partial charge < -0.3 is 126 Å². The number of anilines is 3. The van der Waals surface area contributed by atoms with Gasteiger partial charge in [-0.2, -0.15) is 19.6 Å². The lowest BCUT2D eigenvalue weighted by atomic mass is 10.2. The van der Waals surface area contributed by atoms with Crippen molar-refractivity contribution < 1.29 is 96.7 Å². The standard InChI is InChI=1S/C18H15N5O3.C18H17N5O.2C13H13N3O5.C13H14N2O3.C6H8N2.C5H5N3O4.C4H3N3O4/c1-26-13-8-6-12(7-9-13)11-22-16(10-17(21-22)23(24)25)18-19-14-4-2-3-5-15(14)20-18;1-24-13-8-6-12(7-9-13)11-23-16(10-17(19)22-23)18-20-14-4-2-3-5-15(14)21-18;1-20-10-5-3-9(4-6-10)8-15-11(13(17)21-2)7-12(14-15)16(18)19;1-20-10-5-3-9(4-6-10)8-15-12(16(18)19)7-11(14-15)13(17)21-2;1-9-7-12(13(16)17)15(14-9)8-10-3-5-11(18-2)6-4-10;7-5-3-1-2-4-6(5)8;1-12-5(9)3-2-4(7-6-3)8(10)11;8-4(9)2-1-3(6-5-2)7(10)11/h2-10H,11H2,1H3,(H,19,20);2-10H,11H2,1H3,(H2,19,22)(H,20,21);2*3-7H,8H2,1-2H3;3-7H,8H2,1-2H3,(H,16,17);1-4H,7-8H2;2H,1H3,(H,6,7);1H,(H,5,6)(H,8,9). The second-order valence-corrected chi connectivity index (χ2v) is 28.8. The van der Waals surface area contributed by atoms with Gasteiger partial charge >= 0.3 is 58.9 Å². The molecule has 0 fully saturated rings. The maximum Gasteiger partial charge on any atom is 0.390 e. The number of fused-ring (bicyclic) bond motifs is 2. The second-order valence-electron chi connectivity index (χ2n) is 28.8. The fraction of sp³-hybridized carbons (Fsp3) is 0.156. The van der Waals surface area contributed by atoms with Crippen LogP contribution in [0.1, 0.15) is 86.0 Å². The van der Waals surface area contributed by atoms with Gasteiger partial charge in [-0.15, -0.1) is 14.9 Å². The summed E-state index contributed by atoms with van der Waals surface area (Å²) in [5.41, 5.74) is 28.0. The van der Waals surface area contributed by atoms with E-state index < -0.39 is 66.1 Å². The predicted molar refractivity (Wildman–Crippen MR) is 505 cm³/mol. The van der Waals surface area contributed by atoms with E-state index in [0.29, 0.717) is 65.5 Å². The number of H-pyrrole nitrogens is 4. The van der Waals surface area contributed by atoms with Crippen LogP contribution in [-0.4, -0.2) is 211 Å². The normalized spacial score (nSPS) is 10.3. The van der Waals surface area contributed by atoms with Crippen LogP contribution < -0.4 is 40.9 Å². The average Bonchev–Trinajstić information content (AvgIpc) is 1.64. The fourth-order valence-corrected chi connectivity index (χ4v) is 12.5. The van der Waals surface area contributed by atoms with Crippen LogP contribution in [0, 0.1) is 57.5 Å². The Hall–Kier alpha value is -20.1. The van der Waals surface area contributed by atoms with Crippen molar-refractivity contribution in [2.24, 2.45) is 0 Å². The Morgan fingerprint density at radius 2 is 0.709 bits per heavy atom. The van der Waals surface area contributed by atoms with Gasteiger partial charge in [-0.25, -0.2) is 33.9 Å². The summed E-state index contributed by atoms with van der Waals surface area (Å²) in [4.78, 5) is 120. The van der Waals surface area contributed by atoms with Gasteiger partial charge in [0.25, 0.3) is 0 Å². The van der Waals surface area contributed by atoms with Gasteiger partial charge in [-0.3, -0.25) is 9.36 Å². The number of benzene rings is 8. The van der Waals surface area contributed by atoms with E-state index in [-0.39, 0.29) is 59.0 Å². The molecule has 17 aromatic rings. The zero-order valence-electron chi connectivity index (χ0n) is 76.1. The monoisotopic (exact) mass is 1930 g/mol. The van der Waals surface area contributed by atoms with Crippen molar-refractivity contribution in [1.82, 2.24) is 89.2 Å². The van der Waals surface area contributed by atoms with Crippen LogP contribution in [0.3, 0.4) is 0 Å². The smallest absolute Gasteiger partial charge is 0.390 e. The predicted octanol–water partition coefficient (Wildman–Crippen LogP) is 12.6. The summed E-state index contributed by atoms with van der Waals surface area (Å²) in [5.74, 6) is -0.520. The number of para-hydroxylation sites is 6. The molecule has 51 heteroatoms. The number of ether oxygens (including phenoxy) is 8. The summed E-state index contributed by atoms with van der Waals surface area (Å²) >= 11 is 0. The number of carboxylic acid groups (broad SMARTS) is 2. The molecule has 0 unspecified atom stereocenters. The number of nitrogens with one attached hydrogen (secondary N) is 4. The first-order valence-electron chi connectivity index (χ1n) is 40.9. The summed E-state index contributed by atoms with van der Waals surface area (Å²) < 4.78 is 46.2. The molecular formula is C90H88N26O25. The Labute approximate surface area is 795 Å². The number of imidazole rings is 2. The molecule has 0 bridgehead atoms. The van der Waals surface area contributed by atoms with E-state index in [1.165, 1.54) is 36.8 Å². The molecule has 12 N–H and O–H groups in total. The van der Waals surface area contributed by atoms with Crippen LogP contribution in [0.5, 0.6) is 28.7 Å². The zero-order valence-corrected chi connectivity index (χ0v) is 76.1. The largest absolute Gasteiger partial charge is 0.497 e. The second kappa shape index (κ2) is 49.1. The van der Waals surface area contributed by atoms with Gasteiger partial charge in [0.1, 0.15) is 58.2 Å². The topological polar surface area (TPSA) is 697 Å². The summed E-state index contributed by atoms with van der Waals surface area (Å²) in [6.07, 6.45) is 0. The van der Waals surface area contributed by atoms with Crippen molar-refractivity contribution in [2.75, 3.05) is 74.1 Å². The molecule has 9 heterocycles. The molecule has 0 saturated carbocycles. The fourth-order valence-electron chi connectivity index (χ4n) is 12.5. The number of aromatic amines is 4. The molecule has 17 rings (SSSR count). The number of carboxylic acids is 2. The van der Waals surface area contributed by atoms with Crippen molar-refractivity contribution in [3.63, 3.8) is 0 Å². The van der Waals surface area contributed by atoms with E-state index in [9.17, 15) is 74.5 Å². The molecule has 0 radical (unpaired) electrons. The molecule has 728 valence electrons. The molecule has 8 aromatic carbocycles. The Bertz CT molecular complexity index is 7090. The van der Waals surface area contributed by atoms with Gasteiger partial charge in [0.15, 0.2) is 34.4 Å². The number of nitrogen functional groups attached to an aromatic ring is 3. The Morgan fingerprint density at radius 1 is 0.355 bits per heavy atom. The first-order valence-corrected chi connectivity index (χ1v) is 40.9. The lowest BCUT2D eigenvalue weighted by Gasteiger charge is -2.06. The molecule has 141 heavy (non-hydrogen) atoms. The van der Waals surface area contributed by atoms with E-state index in [0.717, 1.165) is 108 Å². The highest BCUT2D eigenvalue weighted by Gasteiger charge is 2.28. The van der Waals surface area contributed by atoms with Crippen molar-refractivity contribution in [3.8, 4) is 51.8 Å². The molecule has 51 nitrogen and oxygen atoms in total.